The van der Waals surface area contributed by atoms with Gasteiger partial charge in [0, 0.05) is 19.5 Å². The molecule has 9 heteroatoms. The fourth-order valence-electron chi connectivity index (χ4n) is 2.44. The van der Waals surface area contributed by atoms with Gasteiger partial charge in [0.25, 0.3) is 0 Å². The maximum atomic E-state index is 12.8. The Bertz CT molecular complexity index is 668. The molecular formula is C13H16FN3O4S. The van der Waals surface area contributed by atoms with Crippen LogP contribution in [0.25, 0.3) is 0 Å². The van der Waals surface area contributed by atoms with Gasteiger partial charge in [-0.05, 0) is 30.7 Å². The SMILES string of the molecule is CC(=O)N1CC(NS(=O)(=O)c2ccc(F)cc2)CC1C(N)=O. The van der Waals surface area contributed by atoms with Gasteiger partial charge in [-0.25, -0.2) is 17.5 Å². The topological polar surface area (TPSA) is 110 Å². The van der Waals surface area contributed by atoms with Crippen LogP contribution in [0.3, 0.4) is 0 Å². The van der Waals surface area contributed by atoms with E-state index in [1.807, 2.05) is 0 Å². The summed E-state index contributed by atoms with van der Waals surface area (Å²) in [5.74, 6) is -1.58. The van der Waals surface area contributed by atoms with E-state index in [9.17, 15) is 22.4 Å². The van der Waals surface area contributed by atoms with Gasteiger partial charge >= 0.3 is 0 Å². The summed E-state index contributed by atoms with van der Waals surface area (Å²) in [5, 5.41) is 0. The van der Waals surface area contributed by atoms with E-state index in [-0.39, 0.29) is 23.8 Å². The number of likely N-dealkylation sites (tertiary alicyclic amines) is 1. The molecular weight excluding hydrogens is 313 g/mol. The molecule has 0 aromatic heterocycles. The van der Waals surface area contributed by atoms with Crippen LogP contribution < -0.4 is 10.5 Å². The summed E-state index contributed by atoms with van der Waals surface area (Å²) in [5.41, 5.74) is 5.23. The van der Waals surface area contributed by atoms with Gasteiger partial charge in [0.05, 0.1) is 4.90 Å². The maximum Gasteiger partial charge on any atom is 0.240 e. The zero-order valence-corrected chi connectivity index (χ0v) is 12.6. The van der Waals surface area contributed by atoms with Gasteiger partial charge in [0.2, 0.25) is 21.8 Å². The largest absolute Gasteiger partial charge is 0.368 e. The Labute approximate surface area is 127 Å². The van der Waals surface area contributed by atoms with Crippen molar-refractivity contribution in [2.45, 2.75) is 30.3 Å². The first-order valence-electron chi connectivity index (χ1n) is 6.55. The molecule has 2 rings (SSSR count). The molecule has 1 aliphatic heterocycles. The molecule has 1 heterocycles. The monoisotopic (exact) mass is 329 g/mol. The number of benzene rings is 1. The number of halogens is 1. The van der Waals surface area contributed by atoms with E-state index in [1.54, 1.807) is 0 Å². The number of hydrogen-bond donors (Lipinski definition) is 2. The Morgan fingerprint density at radius 1 is 1.32 bits per heavy atom. The van der Waals surface area contributed by atoms with E-state index in [2.05, 4.69) is 4.72 Å². The third-order valence-electron chi connectivity index (χ3n) is 3.48. The number of sulfonamides is 1. The van der Waals surface area contributed by atoms with Crippen LogP contribution in [0.1, 0.15) is 13.3 Å². The number of nitrogens with one attached hydrogen (secondary N) is 1. The van der Waals surface area contributed by atoms with Crippen molar-refractivity contribution in [1.29, 1.82) is 0 Å². The Hall–Kier alpha value is -2.00. The average Bonchev–Trinajstić information content (AvgIpc) is 2.82. The lowest BCUT2D eigenvalue weighted by molar-refractivity contribution is -0.135. The Kier molecular flexibility index (Phi) is 4.47. The first kappa shape index (κ1) is 16.4. The van der Waals surface area contributed by atoms with E-state index in [4.69, 9.17) is 5.73 Å². The number of amides is 2. The zero-order valence-electron chi connectivity index (χ0n) is 11.8. The number of rotatable bonds is 4. The number of nitrogens with two attached hydrogens (primary N) is 1. The number of nitrogens with zero attached hydrogens (tertiary/aromatic N) is 1. The third-order valence-corrected chi connectivity index (χ3v) is 5.02. The number of carbonyl (C=O) groups is 2. The van der Waals surface area contributed by atoms with Crippen molar-refractivity contribution in [2.75, 3.05) is 6.54 Å². The van der Waals surface area contributed by atoms with Crippen molar-refractivity contribution in [1.82, 2.24) is 9.62 Å². The molecule has 120 valence electrons. The number of carbonyl (C=O) groups excluding carboxylic acids is 2. The zero-order chi connectivity index (χ0) is 16.5. The quantitative estimate of drug-likeness (QED) is 0.781. The van der Waals surface area contributed by atoms with Gasteiger partial charge in [0.15, 0.2) is 0 Å². The van der Waals surface area contributed by atoms with Crippen LogP contribution in [-0.4, -0.2) is 43.8 Å². The van der Waals surface area contributed by atoms with Crippen molar-refractivity contribution in [3.05, 3.63) is 30.1 Å². The van der Waals surface area contributed by atoms with E-state index >= 15 is 0 Å². The molecule has 0 spiro atoms. The highest BCUT2D eigenvalue weighted by Gasteiger charge is 2.38. The molecule has 0 saturated carbocycles. The minimum atomic E-state index is -3.87. The second kappa shape index (κ2) is 6.01. The van der Waals surface area contributed by atoms with Gasteiger partial charge < -0.3 is 10.6 Å². The average molecular weight is 329 g/mol. The van der Waals surface area contributed by atoms with Crippen molar-refractivity contribution in [3.63, 3.8) is 0 Å². The van der Waals surface area contributed by atoms with E-state index in [1.165, 1.54) is 11.8 Å². The van der Waals surface area contributed by atoms with Crippen LogP contribution >= 0.6 is 0 Å². The minimum absolute atomic E-state index is 0.0589. The molecule has 3 N–H and O–H groups in total. The normalized spacial score (nSPS) is 21.8. The van der Waals surface area contributed by atoms with Crippen LogP contribution in [0.2, 0.25) is 0 Å². The molecule has 2 atom stereocenters. The Morgan fingerprint density at radius 2 is 1.91 bits per heavy atom. The maximum absolute atomic E-state index is 12.8. The lowest BCUT2D eigenvalue weighted by atomic mass is 10.2. The van der Waals surface area contributed by atoms with Gasteiger partial charge in [-0.15, -0.1) is 0 Å². The molecule has 2 unspecified atom stereocenters. The first-order valence-corrected chi connectivity index (χ1v) is 8.03. The second-order valence-electron chi connectivity index (χ2n) is 5.10. The van der Waals surface area contributed by atoms with Crippen molar-refractivity contribution in [2.24, 2.45) is 5.73 Å². The molecule has 22 heavy (non-hydrogen) atoms. The predicted molar refractivity (Wildman–Crippen MR) is 75.5 cm³/mol. The van der Waals surface area contributed by atoms with E-state index in [0.29, 0.717) is 0 Å². The molecule has 1 aromatic rings. The third kappa shape index (κ3) is 3.42. The summed E-state index contributed by atoms with van der Waals surface area (Å²) in [6.45, 7) is 1.34. The summed E-state index contributed by atoms with van der Waals surface area (Å²) in [7, 11) is -3.87. The lowest BCUT2D eigenvalue weighted by Crippen LogP contribution is -2.42. The van der Waals surface area contributed by atoms with Gasteiger partial charge in [0.1, 0.15) is 11.9 Å². The van der Waals surface area contributed by atoms with Crippen LogP contribution in [0.4, 0.5) is 4.39 Å². The van der Waals surface area contributed by atoms with Gasteiger partial charge in [-0.3, -0.25) is 9.59 Å². The summed E-state index contributed by atoms with van der Waals surface area (Å²) in [6, 6.07) is 2.89. The smallest absolute Gasteiger partial charge is 0.240 e. The standard InChI is InChI=1S/C13H16FN3O4S/c1-8(18)17-7-10(6-12(17)13(15)19)16-22(20,21)11-4-2-9(14)3-5-11/h2-5,10,12,16H,6-7H2,1H3,(H2,15,19). The number of hydrogen-bond acceptors (Lipinski definition) is 4. The summed E-state index contributed by atoms with van der Waals surface area (Å²) in [4.78, 5) is 24.0. The molecule has 7 nitrogen and oxygen atoms in total. The molecule has 1 aromatic carbocycles. The lowest BCUT2D eigenvalue weighted by Gasteiger charge is -2.19. The highest BCUT2D eigenvalue weighted by molar-refractivity contribution is 7.89. The van der Waals surface area contributed by atoms with Crippen LogP contribution in [0.5, 0.6) is 0 Å². The fourth-order valence-corrected chi connectivity index (χ4v) is 3.68. The van der Waals surface area contributed by atoms with Crippen molar-refractivity contribution >= 4 is 21.8 Å². The molecule has 1 saturated heterocycles. The van der Waals surface area contributed by atoms with Crippen molar-refractivity contribution in [3.8, 4) is 0 Å². The number of primary amides is 1. The Balaban J connectivity index is 2.15. The van der Waals surface area contributed by atoms with Crippen LogP contribution in [-0.2, 0) is 19.6 Å². The minimum Gasteiger partial charge on any atom is -0.368 e. The summed E-state index contributed by atoms with van der Waals surface area (Å²) in [6.07, 6.45) is 0.106. The Morgan fingerprint density at radius 3 is 2.36 bits per heavy atom. The molecule has 2 amide bonds. The van der Waals surface area contributed by atoms with Crippen molar-refractivity contribution < 1.29 is 22.4 Å². The van der Waals surface area contributed by atoms with E-state index < -0.39 is 33.8 Å². The highest BCUT2D eigenvalue weighted by atomic mass is 32.2. The first-order chi connectivity index (χ1) is 10.2. The highest BCUT2D eigenvalue weighted by Crippen LogP contribution is 2.20. The fraction of sp³-hybridized carbons (Fsp3) is 0.385. The molecule has 0 aliphatic carbocycles. The molecule has 0 bridgehead atoms. The van der Waals surface area contributed by atoms with Crippen LogP contribution in [0, 0.1) is 5.82 Å². The molecule has 1 aliphatic rings. The summed E-state index contributed by atoms with van der Waals surface area (Å²) < 4.78 is 39.7. The summed E-state index contributed by atoms with van der Waals surface area (Å²) >= 11 is 0. The van der Waals surface area contributed by atoms with Gasteiger partial charge in [-0.2, -0.15) is 0 Å². The van der Waals surface area contributed by atoms with Crippen LogP contribution in [0.15, 0.2) is 29.2 Å². The second-order valence-corrected chi connectivity index (χ2v) is 6.81. The predicted octanol–water partition coefficient (Wildman–Crippen LogP) is -0.421. The molecule has 1 fully saturated rings. The van der Waals surface area contributed by atoms with Gasteiger partial charge in [-0.1, -0.05) is 0 Å². The van der Waals surface area contributed by atoms with E-state index in [0.717, 1.165) is 24.3 Å². The molecule has 0 radical (unpaired) electrons.